The minimum Gasteiger partial charge on any atom is -0.420 e. The Morgan fingerprint density at radius 3 is 1.82 bits per heavy atom. The van der Waals surface area contributed by atoms with E-state index in [-0.39, 0.29) is 61.0 Å². The summed E-state index contributed by atoms with van der Waals surface area (Å²) in [6.45, 7) is 4.80. The van der Waals surface area contributed by atoms with E-state index in [1.807, 2.05) is 35.5 Å². The number of hydrogen-bond acceptors (Lipinski definition) is 17. The number of carbonyl (C=O) groups is 1. The minimum absolute atomic E-state index is 0.0443. The van der Waals surface area contributed by atoms with E-state index in [1.165, 1.54) is 38.5 Å². The number of methoxy groups -OCH3 is 2. The lowest BCUT2D eigenvalue weighted by atomic mass is 9.76. The topological polar surface area (TPSA) is 224 Å². The van der Waals surface area contributed by atoms with Crippen LogP contribution in [0.2, 0.25) is 0 Å². The second-order valence-electron chi connectivity index (χ2n) is 17.0. The third kappa shape index (κ3) is 12.0. The van der Waals surface area contributed by atoms with Crippen LogP contribution >= 0.6 is 0 Å². The Labute approximate surface area is 417 Å². The van der Waals surface area contributed by atoms with Gasteiger partial charge in [-0.25, -0.2) is 8.78 Å². The number of halogens is 4. The maximum Gasteiger partial charge on any atom is 0.311 e. The molecule has 398 valence electrons. The molecule has 2 atom stereocenters. The van der Waals surface area contributed by atoms with Crippen LogP contribution in [0.3, 0.4) is 0 Å². The number of allylic oxidation sites excluding steroid dienone is 4. The average molecular weight is 1100 g/mol. The highest BCUT2D eigenvalue weighted by molar-refractivity contribution is 7.87. The molecular weight excluding hydrogens is 1040 g/mol. The minimum atomic E-state index is -5.24. The maximum absolute atomic E-state index is 14.8. The number of nitrogens with zero attached hydrogens (tertiary/aromatic N) is 2. The normalized spacial score (nSPS) is 18.9. The number of esters is 1. The lowest BCUT2D eigenvalue weighted by Crippen LogP contribution is -2.33. The Bertz CT molecular complexity index is 3080. The number of unbranched alkanes of at least 4 members (excludes halogenated alkanes) is 2. The molecule has 0 saturated carbocycles. The molecule has 5 rings (SSSR count). The van der Waals surface area contributed by atoms with Crippen molar-refractivity contribution in [1.29, 1.82) is 0 Å². The van der Waals surface area contributed by atoms with Crippen molar-refractivity contribution < 1.29 is 91.5 Å². The van der Waals surface area contributed by atoms with Crippen LogP contribution in [0.5, 0.6) is 5.75 Å². The highest BCUT2D eigenvalue weighted by Crippen LogP contribution is 2.51. The van der Waals surface area contributed by atoms with Crippen LogP contribution in [0.4, 0.5) is 28.9 Å². The molecule has 0 amide bonds. The molecule has 3 aromatic carbocycles. The zero-order chi connectivity index (χ0) is 53.6. The summed E-state index contributed by atoms with van der Waals surface area (Å²) in [6.07, 6.45) is 6.29. The van der Waals surface area contributed by atoms with Crippen molar-refractivity contribution in [2.75, 3.05) is 79.6 Å². The van der Waals surface area contributed by atoms with Gasteiger partial charge in [0.15, 0.2) is 22.2 Å². The van der Waals surface area contributed by atoms with Crippen molar-refractivity contribution >= 4 is 63.5 Å². The first kappa shape index (κ1) is 58.3. The van der Waals surface area contributed by atoms with Crippen LogP contribution in [0, 0.1) is 23.3 Å². The van der Waals surface area contributed by atoms with Gasteiger partial charge in [0.25, 0.3) is 30.4 Å². The first-order chi connectivity index (χ1) is 33.7. The first-order valence-electron chi connectivity index (χ1n) is 22.1. The fraction of sp³-hybridized carbons (Fsp3) is 0.478. The molecule has 2 unspecified atom stereocenters. The molecule has 0 radical (unpaired) electrons. The van der Waals surface area contributed by atoms with Crippen LogP contribution in [0.15, 0.2) is 75.0 Å². The second-order valence-corrected chi connectivity index (χ2v) is 23.9. The predicted octanol–water partition coefficient (Wildman–Crippen LogP) is 6.43. The smallest absolute Gasteiger partial charge is 0.311 e. The molecule has 0 spiro atoms. The Hall–Kier alpha value is -4.64. The third-order valence-electron chi connectivity index (χ3n) is 12.7. The van der Waals surface area contributed by atoms with Gasteiger partial charge in [-0.05, 0) is 87.9 Å². The summed E-state index contributed by atoms with van der Waals surface area (Å²) in [5, 5.41) is 0. The Morgan fingerprint density at radius 2 is 1.25 bits per heavy atom. The first-order valence-corrected chi connectivity index (χ1v) is 27.9. The van der Waals surface area contributed by atoms with Crippen LogP contribution in [-0.4, -0.2) is 125 Å². The highest BCUT2D eigenvalue weighted by atomic mass is 32.2. The van der Waals surface area contributed by atoms with E-state index in [0.29, 0.717) is 60.4 Å². The fourth-order valence-corrected chi connectivity index (χ4v) is 11.7. The summed E-state index contributed by atoms with van der Waals surface area (Å²) >= 11 is 0. The van der Waals surface area contributed by atoms with Gasteiger partial charge in [0, 0.05) is 74.7 Å². The van der Waals surface area contributed by atoms with Gasteiger partial charge in [-0.2, -0.15) is 47.0 Å². The molecule has 0 fully saturated rings. The van der Waals surface area contributed by atoms with Gasteiger partial charge in [0.05, 0.1) is 56.0 Å². The molecular formula is C46H57F4N2O16S4+. The highest BCUT2D eigenvalue weighted by Gasteiger charge is 2.49. The summed E-state index contributed by atoms with van der Waals surface area (Å²) in [6, 6.07) is 9.11. The van der Waals surface area contributed by atoms with E-state index < -0.39 is 97.6 Å². The van der Waals surface area contributed by atoms with Crippen LogP contribution in [0.1, 0.15) is 69.9 Å². The molecule has 0 saturated heterocycles. The van der Waals surface area contributed by atoms with E-state index in [2.05, 4.69) is 8.92 Å². The molecule has 2 heterocycles. The van der Waals surface area contributed by atoms with Crippen LogP contribution in [-0.2, 0) is 82.3 Å². The van der Waals surface area contributed by atoms with Gasteiger partial charge in [-0.1, -0.05) is 6.08 Å². The summed E-state index contributed by atoms with van der Waals surface area (Å²) in [4.78, 5) is 12.4. The zero-order valence-corrected chi connectivity index (χ0v) is 44.0. The van der Waals surface area contributed by atoms with E-state index >= 15 is 0 Å². The monoisotopic (exact) mass is 1100 g/mol. The number of benzene rings is 3. The zero-order valence-electron chi connectivity index (χ0n) is 40.8. The molecule has 0 aliphatic carbocycles. The van der Waals surface area contributed by atoms with E-state index in [1.54, 1.807) is 18.2 Å². The van der Waals surface area contributed by atoms with Gasteiger partial charge in [-0.15, -0.1) is 0 Å². The molecule has 0 N–H and O–H groups in total. The number of fused-ring (bicyclic) bond motifs is 2. The third-order valence-corrected chi connectivity index (χ3v) is 17.9. The number of anilines is 1. The Kier molecular flexibility index (Phi) is 18.8. The van der Waals surface area contributed by atoms with Gasteiger partial charge in [0.2, 0.25) is 23.1 Å². The average Bonchev–Trinajstić information content (AvgIpc) is 3.72. The molecule has 0 bridgehead atoms. The number of hydrogen-bond donors (Lipinski definition) is 0. The quantitative estimate of drug-likeness (QED) is 0.0161. The van der Waals surface area contributed by atoms with Gasteiger partial charge >= 0.3 is 16.1 Å². The van der Waals surface area contributed by atoms with E-state index in [9.17, 15) is 56.0 Å². The molecule has 0 aromatic heterocycles. The molecule has 2 aliphatic rings. The number of ether oxygens (including phenoxy) is 3. The lowest BCUT2D eigenvalue weighted by Gasteiger charge is -2.30. The van der Waals surface area contributed by atoms with Gasteiger partial charge in [-0.3, -0.25) is 21.5 Å². The molecule has 26 heteroatoms. The molecule has 3 aromatic rings. The largest absolute Gasteiger partial charge is 0.420 e. The molecule has 18 nitrogen and oxygen atoms in total. The molecule has 2 aliphatic heterocycles. The standard InChI is InChI=1S/C46H57F4N2O16S4/c1-45(21-13-27-69(54,55)64-5)32-28-30(70(56,57)65-6)18-20-35(32)52(24-26-63-4)36(45)14-12-15-37-46(2,22-25-62-3)33-29-31(71(58,59)66-7)17-19-34(33)51(37)23-11-9-10-16-38(53)68-43-39(47)41(49)44(42(50)40(43)48)72(60,61)67-8/h12,14-15,17-20,28-29H,9-11,13,16,21-27H2,1-8H3/q+1. The Morgan fingerprint density at radius 1 is 0.667 bits per heavy atom. The summed E-state index contributed by atoms with van der Waals surface area (Å²) in [5.41, 5.74) is 1.85. The van der Waals surface area contributed by atoms with E-state index in [4.69, 9.17) is 22.0 Å². The van der Waals surface area contributed by atoms with Crippen molar-refractivity contribution in [2.24, 2.45) is 0 Å². The fourth-order valence-electron chi connectivity index (χ4n) is 8.84. The van der Waals surface area contributed by atoms with Gasteiger partial charge in [0.1, 0.15) is 6.54 Å². The van der Waals surface area contributed by atoms with Crippen molar-refractivity contribution in [3.63, 3.8) is 0 Å². The number of rotatable bonds is 26. The van der Waals surface area contributed by atoms with Crippen LogP contribution < -0.4 is 9.64 Å². The van der Waals surface area contributed by atoms with Gasteiger partial charge < -0.3 is 19.1 Å². The van der Waals surface area contributed by atoms with Crippen LogP contribution in [0.25, 0.3) is 0 Å². The summed E-state index contributed by atoms with van der Waals surface area (Å²) in [7, 11) is -10.7. The summed E-state index contributed by atoms with van der Waals surface area (Å²) in [5.74, 6) is -12.6. The summed E-state index contributed by atoms with van der Waals surface area (Å²) < 4.78 is 195. The SMILES string of the molecule is COCCN1/C(=C/C=C/C2=[N+](CCCCCC(=O)Oc3c(F)c(F)c(S(=O)(=O)OC)c(F)c3F)c3ccc(S(=O)(=O)OC)cc3C2(C)CCOC)C(C)(CCCS(=O)(=O)OC)c2cc(S(=O)(=O)OC)ccc21. The van der Waals surface area contributed by atoms with Crippen molar-refractivity contribution in [3.8, 4) is 5.75 Å². The van der Waals surface area contributed by atoms with Crippen molar-refractivity contribution in [2.45, 2.75) is 84.3 Å². The maximum atomic E-state index is 14.8. The number of carbonyl (C=O) groups excluding carboxylic acids is 1. The van der Waals surface area contributed by atoms with Crippen molar-refractivity contribution in [3.05, 3.63) is 94.7 Å². The predicted molar refractivity (Wildman–Crippen MR) is 253 cm³/mol. The Balaban J connectivity index is 1.56. The second kappa shape index (κ2) is 23.3. The lowest BCUT2D eigenvalue weighted by molar-refractivity contribution is -0.438. The van der Waals surface area contributed by atoms with Crippen molar-refractivity contribution in [1.82, 2.24) is 0 Å². The molecule has 72 heavy (non-hydrogen) atoms. The van der Waals surface area contributed by atoms with E-state index in [0.717, 1.165) is 21.3 Å².